The summed E-state index contributed by atoms with van der Waals surface area (Å²) in [7, 11) is 0. The topological polar surface area (TPSA) is 58.6 Å². The number of amides is 2. The van der Waals surface area contributed by atoms with Gasteiger partial charge in [0, 0.05) is 13.1 Å². The van der Waals surface area contributed by atoms with Crippen LogP contribution in [0.2, 0.25) is 0 Å². The molecule has 0 radical (unpaired) electrons. The van der Waals surface area contributed by atoms with Crippen LogP contribution in [-0.4, -0.2) is 41.6 Å². The summed E-state index contributed by atoms with van der Waals surface area (Å²) in [5.41, 5.74) is -0.555. The summed E-state index contributed by atoms with van der Waals surface area (Å²) >= 11 is 0. The van der Waals surface area contributed by atoms with Gasteiger partial charge in [-0.3, -0.25) is 4.79 Å². The van der Waals surface area contributed by atoms with Crippen molar-refractivity contribution in [3.63, 3.8) is 0 Å². The van der Waals surface area contributed by atoms with Gasteiger partial charge < -0.3 is 15.0 Å². The Kier molecular flexibility index (Phi) is 6.49. The zero-order chi connectivity index (χ0) is 16.0. The summed E-state index contributed by atoms with van der Waals surface area (Å²) < 4.78 is 5.27. The molecule has 5 nitrogen and oxygen atoms in total. The molecule has 1 aliphatic rings. The summed E-state index contributed by atoms with van der Waals surface area (Å²) in [5.74, 6) is 0.355. The molecule has 1 N–H and O–H groups in total. The fourth-order valence-electron chi connectivity index (χ4n) is 2.48. The van der Waals surface area contributed by atoms with E-state index in [1.54, 1.807) is 0 Å². The lowest BCUT2D eigenvalue weighted by Crippen LogP contribution is -2.51. The molecule has 122 valence electrons. The first kappa shape index (κ1) is 17.8. The summed E-state index contributed by atoms with van der Waals surface area (Å²) in [4.78, 5) is 26.4. The second kappa shape index (κ2) is 7.66. The molecule has 0 bridgehead atoms. The Bertz CT molecular complexity index is 355. The van der Waals surface area contributed by atoms with E-state index in [9.17, 15) is 9.59 Å². The zero-order valence-electron chi connectivity index (χ0n) is 14.1. The Balaban J connectivity index is 2.65. The monoisotopic (exact) mass is 298 g/mol. The van der Waals surface area contributed by atoms with Crippen molar-refractivity contribution in [3.8, 4) is 0 Å². The fourth-order valence-corrected chi connectivity index (χ4v) is 2.48. The molecule has 2 amide bonds. The highest BCUT2D eigenvalue weighted by Crippen LogP contribution is 2.15. The molecule has 0 aliphatic carbocycles. The van der Waals surface area contributed by atoms with Gasteiger partial charge in [0.25, 0.3) is 0 Å². The van der Waals surface area contributed by atoms with Crippen molar-refractivity contribution in [2.75, 3.05) is 13.1 Å². The smallest absolute Gasteiger partial charge is 0.408 e. The van der Waals surface area contributed by atoms with Gasteiger partial charge in [-0.05, 0) is 52.4 Å². The van der Waals surface area contributed by atoms with Gasteiger partial charge in [0.05, 0.1) is 0 Å². The van der Waals surface area contributed by atoms with Gasteiger partial charge in [-0.1, -0.05) is 13.8 Å². The first-order chi connectivity index (χ1) is 9.69. The largest absolute Gasteiger partial charge is 0.444 e. The SMILES string of the molecule is CC(C)CC(NC(=O)OC(C)(C)C)C(=O)N1CCCCC1. The average molecular weight is 298 g/mol. The molecule has 21 heavy (non-hydrogen) atoms. The van der Waals surface area contributed by atoms with Gasteiger partial charge in [0.15, 0.2) is 0 Å². The second-order valence-corrected chi connectivity index (χ2v) is 7.21. The maximum absolute atomic E-state index is 12.6. The summed E-state index contributed by atoms with van der Waals surface area (Å²) in [6.45, 7) is 11.1. The molecule has 0 aromatic carbocycles. The molecule has 1 heterocycles. The van der Waals surface area contributed by atoms with Crippen molar-refractivity contribution in [3.05, 3.63) is 0 Å². The maximum Gasteiger partial charge on any atom is 0.408 e. The van der Waals surface area contributed by atoms with Crippen LogP contribution in [0, 0.1) is 5.92 Å². The fraction of sp³-hybridized carbons (Fsp3) is 0.875. The number of hydrogen-bond donors (Lipinski definition) is 1. The minimum atomic E-state index is -0.555. The van der Waals surface area contributed by atoms with Crippen molar-refractivity contribution in [2.45, 2.75) is 71.9 Å². The van der Waals surface area contributed by atoms with Gasteiger partial charge in [-0.15, -0.1) is 0 Å². The highest BCUT2D eigenvalue weighted by Gasteiger charge is 2.29. The first-order valence-corrected chi connectivity index (χ1v) is 7.97. The quantitative estimate of drug-likeness (QED) is 0.868. The Morgan fingerprint density at radius 3 is 2.19 bits per heavy atom. The third kappa shape index (κ3) is 6.82. The molecule has 1 aliphatic heterocycles. The van der Waals surface area contributed by atoms with Crippen LogP contribution in [0.5, 0.6) is 0 Å². The second-order valence-electron chi connectivity index (χ2n) is 7.21. The van der Waals surface area contributed by atoms with Gasteiger partial charge in [-0.2, -0.15) is 0 Å². The van der Waals surface area contributed by atoms with E-state index in [1.807, 2.05) is 39.5 Å². The third-order valence-corrected chi connectivity index (χ3v) is 3.36. The third-order valence-electron chi connectivity index (χ3n) is 3.36. The highest BCUT2D eigenvalue weighted by atomic mass is 16.6. The van der Waals surface area contributed by atoms with Crippen molar-refractivity contribution in [1.29, 1.82) is 0 Å². The van der Waals surface area contributed by atoms with Crippen molar-refractivity contribution in [2.24, 2.45) is 5.92 Å². The predicted octanol–water partition coefficient (Wildman–Crippen LogP) is 2.94. The van der Waals surface area contributed by atoms with E-state index in [1.165, 1.54) is 6.42 Å². The Morgan fingerprint density at radius 1 is 1.14 bits per heavy atom. The Morgan fingerprint density at radius 2 is 1.71 bits per heavy atom. The minimum Gasteiger partial charge on any atom is -0.444 e. The minimum absolute atomic E-state index is 0.0225. The number of alkyl carbamates (subject to hydrolysis) is 1. The van der Waals surface area contributed by atoms with Crippen molar-refractivity contribution >= 4 is 12.0 Å². The molecule has 1 saturated heterocycles. The number of nitrogens with zero attached hydrogens (tertiary/aromatic N) is 1. The number of carbonyl (C=O) groups excluding carboxylic acids is 2. The van der Waals surface area contributed by atoms with Crippen LogP contribution in [-0.2, 0) is 9.53 Å². The maximum atomic E-state index is 12.6. The molecule has 1 atom stereocenters. The van der Waals surface area contributed by atoms with Crippen LogP contribution in [0.1, 0.15) is 60.3 Å². The first-order valence-electron chi connectivity index (χ1n) is 7.97. The molecule has 0 saturated carbocycles. The summed E-state index contributed by atoms with van der Waals surface area (Å²) in [6, 6.07) is -0.488. The van der Waals surface area contributed by atoms with Crippen LogP contribution in [0.3, 0.4) is 0 Å². The van der Waals surface area contributed by atoms with Crippen LogP contribution in [0.15, 0.2) is 0 Å². The van der Waals surface area contributed by atoms with E-state index < -0.39 is 17.7 Å². The number of nitrogens with one attached hydrogen (secondary N) is 1. The molecule has 5 heteroatoms. The number of rotatable bonds is 4. The van der Waals surface area contributed by atoms with E-state index in [-0.39, 0.29) is 5.91 Å². The predicted molar refractivity (Wildman–Crippen MR) is 83.0 cm³/mol. The van der Waals surface area contributed by atoms with Crippen LogP contribution in [0.25, 0.3) is 0 Å². The molecule has 0 spiro atoms. The van der Waals surface area contributed by atoms with E-state index >= 15 is 0 Å². The molecule has 1 fully saturated rings. The van der Waals surface area contributed by atoms with Gasteiger partial charge in [-0.25, -0.2) is 4.79 Å². The molecular formula is C16H30N2O3. The van der Waals surface area contributed by atoms with E-state index in [0.717, 1.165) is 25.9 Å². The average Bonchev–Trinajstić information content (AvgIpc) is 2.35. The van der Waals surface area contributed by atoms with E-state index in [4.69, 9.17) is 4.74 Å². The normalized spacial score (nSPS) is 17.5. The molecule has 1 unspecified atom stereocenters. The lowest BCUT2D eigenvalue weighted by atomic mass is 10.0. The standard InChI is InChI=1S/C16H30N2O3/c1-12(2)11-13(17-15(20)21-16(3,4)5)14(19)18-9-7-6-8-10-18/h12-13H,6-11H2,1-5H3,(H,17,20). The number of hydrogen-bond acceptors (Lipinski definition) is 3. The number of carbonyl (C=O) groups is 2. The Hall–Kier alpha value is -1.26. The van der Waals surface area contributed by atoms with Crippen LogP contribution in [0.4, 0.5) is 4.79 Å². The van der Waals surface area contributed by atoms with Crippen LogP contribution >= 0.6 is 0 Å². The lowest BCUT2D eigenvalue weighted by Gasteiger charge is -2.31. The molecule has 0 aromatic heterocycles. The number of ether oxygens (including phenoxy) is 1. The highest BCUT2D eigenvalue weighted by molar-refractivity contribution is 5.85. The molecule has 0 aromatic rings. The van der Waals surface area contributed by atoms with Gasteiger partial charge in [0.2, 0.25) is 5.91 Å². The van der Waals surface area contributed by atoms with Crippen LogP contribution < -0.4 is 5.32 Å². The molecule has 1 rings (SSSR count). The summed E-state index contributed by atoms with van der Waals surface area (Å²) in [6.07, 6.45) is 3.39. The Labute approximate surface area is 128 Å². The lowest BCUT2D eigenvalue weighted by molar-refractivity contribution is -0.134. The zero-order valence-corrected chi connectivity index (χ0v) is 14.1. The van der Waals surface area contributed by atoms with Crippen molar-refractivity contribution < 1.29 is 14.3 Å². The van der Waals surface area contributed by atoms with Gasteiger partial charge >= 0.3 is 6.09 Å². The van der Waals surface area contributed by atoms with Gasteiger partial charge in [0.1, 0.15) is 11.6 Å². The number of piperidine rings is 1. The van der Waals surface area contributed by atoms with E-state index in [0.29, 0.717) is 12.3 Å². The molecular weight excluding hydrogens is 268 g/mol. The van der Waals surface area contributed by atoms with E-state index in [2.05, 4.69) is 5.32 Å². The van der Waals surface area contributed by atoms with Crippen molar-refractivity contribution in [1.82, 2.24) is 10.2 Å². The summed E-state index contributed by atoms with van der Waals surface area (Å²) in [5, 5.41) is 2.75. The number of likely N-dealkylation sites (tertiary alicyclic amines) is 1.